The highest BCUT2D eigenvalue weighted by Gasteiger charge is 2.60. The van der Waals surface area contributed by atoms with E-state index in [-0.39, 0.29) is 34.6 Å². The van der Waals surface area contributed by atoms with Gasteiger partial charge in [-0.2, -0.15) is 0 Å². The molecule has 0 heterocycles. The minimum Gasteiger partial charge on any atom is -0.466 e. The fourth-order valence-electron chi connectivity index (χ4n) is 5.71. The van der Waals surface area contributed by atoms with Crippen molar-refractivity contribution in [2.45, 2.75) is 95.4 Å². The van der Waals surface area contributed by atoms with Gasteiger partial charge in [0.15, 0.2) is 0 Å². The predicted octanol–water partition coefficient (Wildman–Crippen LogP) is 7.74. The maximum atomic E-state index is 14.0. The molecule has 1 rings (SSSR count). The topological polar surface area (TPSA) is 52.6 Å². The van der Waals surface area contributed by atoms with Crippen LogP contribution in [0.5, 0.6) is 0 Å². The van der Waals surface area contributed by atoms with Crippen molar-refractivity contribution in [1.29, 1.82) is 0 Å². The summed E-state index contributed by atoms with van der Waals surface area (Å²) in [6, 6.07) is 10.6. The molecule has 0 N–H and O–H groups in total. The first-order chi connectivity index (χ1) is 17.5. The van der Waals surface area contributed by atoms with Crippen LogP contribution in [-0.4, -0.2) is 57.3 Å². The highest BCUT2D eigenvalue weighted by molar-refractivity contribution is 5.78. The highest BCUT2D eigenvalue weighted by atomic mass is 16.5. The second-order valence-electron chi connectivity index (χ2n) is 15.3. The quantitative estimate of drug-likeness (QED) is 0.177. The van der Waals surface area contributed by atoms with Crippen LogP contribution < -0.4 is 0 Å². The lowest BCUT2D eigenvalue weighted by Gasteiger charge is -2.58. The summed E-state index contributed by atoms with van der Waals surface area (Å²) in [7, 11) is 6.31. The number of quaternary nitrogens is 1. The van der Waals surface area contributed by atoms with Crippen LogP contribution in [0.1, 0.15) is 101 Å². The molecule has 0 aliphatic rings. The molecule has 5 heteroatoms. The zero-order valence-electron chi connectivity index (χ0n) is 28.0. The summed E-state index contributed by atoms with van der Waals surface area (Å²) >= 11 is 0. The average molecular weight is 547 g/mol. The van der Waals surface area contributed by atoms with E-state index >= 15 is 0 Å². The standard InChI is InChI=1S/C34H60NO4/c1-16-38-28(36)32(8,9)30(4,5)24-27(26-20-18-17-19-21-26)31(6,7)33(10,11)34(12,25(2)3)29(37)39-23-22-35(13,14)15/h17-21,25,27H,16,22-24H2,1-15H3/q+1. The lowest BCUT2D eigenvalue weighted by molar-refractivity contribution is -0.870. The Bertz CT molecular complexity index is 953. The van der Waals surface area contributed by atoms with E-state index in [0.29, 0.717) is 13.2 Å². The molecule has 0 amide bonds. The first-order valence-corrected chi connectivity index (χ1v) is 14.7. The molecule has 1 aromatic rings. The summed E-state index contributed by atoms with van der Waals surface area (Å²) in [6.45, 7) is 27.1. The van der Waals surface area contributed by atoms with Gasteiger partial charge in [0.1, 0.15) is 13.2 Å². The number of carbonyl (C=O) groups excluding carboxylic acids is 2. The molecule has 0 saturated heterocycles. The van der Waals surface area contributed by atoms with E-state index < -0.39 is 16.2 Å². The Morgan fingerprint density at radius 3 is 1.77 bits per heavy atom. The normalized spacial score (nSPS) is 16.0. The zero-order chi connectivity index (χ0) is 30.7. The fraction of sp³-hybridized carbons (Fsp3) is 0.765. The van der Waals surface area contributed by atoms with Crippen molar-refractivity contribution in [2.24, 2.45) is 33.0 Å². The molecule has 0 saturated carbocycles. The van der Waals surface area contributed by atoms with Crippen molar-refractivity contribution in [1.82, 2.24) is 0 Å². The lowest BCUT2D eigenvalue weighted by atomic mass is 9.45. The Balaban J connectivity index is 3.66. The molecule has 0 aliphatic heterocycles. The van der Waals surface area contributed by atoms with Crippen molar-refractivity contribution in [2.75, 3.05) is 40.9 Å². The van der Waals surface area contributed by atoms with Gasteiger partial charge in [0.25, 0.3) is 0 Å². The minimum absolute atomic E-state index is 0.0591. The van der Waals surface area contributed by atoms with Crippen LogP contribution in [0.2, 0.25) is 0 Å². The maximum Gasteiger partial charge on any atom is 0.312 e. The Morgan fingerprint density at radius 1 is 0.821 bits per heavy atom. The Kier molecular flexibility index (Phi) is 11.1. The summed E-state index contributed by atoms with van der Waals surface area (Å²) in [5, 5.41) is 0. The molecular weight excluding hydrogens is 486 g/mol. The van der Waals surface area contributed by atoms with Gasteiger partial charge < -0.3 is 14.0 Å². The van der Waals surface area contributed by atoms with Gasteiger partial charge in [0.05, 0.1) is 38.6 Å². The number of esters is 2. The minimum atomic E-state index is -0.741. The average Bonchev–Trinajstić information content (AvgIpc) is 2.81. The molecular formula is C34H60NO4+. The van der Waals surface area contributed by atoms with Gasteiger partial charge >= 0.3 is 11.9 Å². The number of likely N-dealkylation sites (N-methyl/N-ethyl adjacent to an activating group) is 1. The second-order valence-corrected chi connectivity index (χ2v) is 15.3. The number of carbonyl (C=O) groups is 2. The number of rotatable bonds is 14. The van der Waals surface area contributed by atoms with Crippen LogP contribution in [0, 0.1) is 33.0 Å². The van der Waals surface area contributed by atoms with Gasteiger partial charge in [0, 0.05) is 0 Å². The molecule has 39 heavy (non-hydrogen) atoms. The summed E-state index contributed by atoms with van der Waals surface area (Å²) in [5.74, 6) is -0.188. The Hall–Kier alpha value is -1.88. The molecule has 0 radical (unpaired) electrons. The number of nitrogens with zero attached hydrogens (tertiary/aromatic N) is 1. The van der Waals surface area contributed by atoms with Crippen LogP contribution in [0.4, 0.5) is 0 Å². The SMILES string of the molecule is CCOC(=O)C(C)(C)C(C)(C)CC(c1ccccc1)C(C)(C)C(C)(C)C(C)(C(=O)OCC[N+](C)(C)C)C(C)C. The van der Waals surface area contributed by atoms with Gasteiger partial charge in [-0.05, 0) is 67.8 Å². The van der Waals surface area contributed by atoms with Crippen molar-refractivity contribution in [3.63, 3.8) is 0 Å². The number of benzene rings is 1. The predicted molar refractivity (Wildman–Crippen MR) is 162 cm³/mol. The third-order valence-electron chi connectivity index (χ3n) is 10.7. The molecule has 224 valence electrons. The van der Waals surface area contributed by atoms with Crippen molar-refractivity contribution < 1.29 is 23.5 Å². The first-order valence-electron chi connectivity index (χ1n) is 14.7. The van der Waals surface area contributed by atoms with Gasteiger partial charge in [-0.3, -0.25) is 9.59 Å². The maximum absolute atomic E-state index is 14.0. The summed E-state index contributed by atoms with van der Waals surface area (Å²) in [4.78, 5) is 27.1. The Morgan fingerprint density at radius 2 is 1.33 bits per heavy atom. The molecule has 2 atom stereocenters. The lowest BCUT2D eigenvalue weighted by Crippen LogP contribution is -2.56. The van der Waals surface area contributed by atoms with Crippen LogP contribution in [0.15, 0.2) is 30.3 Å². The number of hydrogen-bond acceptors (Lipinski definition) is 4. The van der Waals surface area contributed by atoms with Crippen LogP contribution in [0.25, 0.3) is 0 Å². The summed E-state index contributed by atoms with van der Waals surface area (Å²) in [5.41, 5.74) is -1.42. The van der Waals surface area contributed by atoms with E-state index in [2.05, 4.69) is 108 Å². The number of ether oxygens (including phenoxy) is 2. The molecule has 2 unspecified atom stereocenters. The fourth-order valence-corrected chi connectivity index (χ4v) is 5.71. The van der Waals surface area contributed by atoms with Crippen molar-refractivity contribution >= 4 is 11.9 Å². The van der Waals surface area contributed by atoms with Crippen LogP contribution in [-0.2, 0) is 19.1 Å². The van der Waals surface area contributed by atoms with Crippen LogP contribution >= 0.6 is 0 Å². The van der Waals surface area contributed by atoms with Gasteiger partial charge in [-0.25, -0.2) is 0 Å². The molecule has 0 aromatic heterocycles. The highest BCUT2D eigenvalue weighted by Crippen LogP contribution is 2.63. The smallest absolute Gasteiger partial charge is 0.312 e. The van der Waals surface area contributed by atoms with E-state index in [1.807, 2.05) is 26.8 Å². The van der Waals surface area contributed by atoms with E-state index in [1.54, 1.807) is 0 Å². The van der Waals surface area contributed by atoms with Crippen LogP contribution in [0.3, 0.4) is 0 Å². The van der Waals surface area contributed by atoms with Gasteiger partial charge in [0.2, 0.25) is 0 Å². The second kappa shape index (κ2) is 12.3. The zero-order valence-corrected chi connectivity index (χ0v) is 28.0. The van der Waals surface area contributed by atoms with Gasteiger partial charge in [-0.1, -0.05) is 85.7 Å². The summed E-state index contributed by atoms with van der Waals surface area (Å²) in [6.07, 6.45) is 0.754. The monoisotopic (exact) mass is 546 g/mol. The molecule has 0 fully saturated rings. The van der Waals surface area contributed by atoms with E-state index in [1.165, 1.54) is 5.56 Å². The molecule has 5 nitrogen and oxygen atoms in total. The third kappa shape index (κ3) is 7.26. The largest absolute Gasteiger partial charge is 0.466 e. The molecule has 0 aliphatic carbocycles. The number of hydrogen-bond donors (Lipinski definition) is 0. The van der Waals surface area contributed by atoms with E-state index in [0.717, 1.165) is 17.4 Å². The molecule has 0 spiro atoms. The third-order valence-corrected chi connectivity index (χ3v) is 10.7. The van der Waals surface area contributed by atoms with Crippen molar-refractivity contribution in [3.8, 4) is 0 Å². The Labute approximate surface area is 240 Å². The van der Waals surface area contributed by atoms with Gasteiger partial charge in [-0.15, -0.1) is 0 Å². The van der Waals surface area contributed by atoms with E-state index in [9.17, 15) is 9.59 Å². The van der Waals surface area contributed by atoms with E-state index in [4.69, 9.17) is 9.47 Å². The molecule has 1 aromatic carbocycles. The van der Waals surface area contributed by atoms with Crippen molar-refractivity contribution in [3.05, 3.63) is 35.9 Å². The summed E-state index contributed by atoms with van der Waals surface area (Å²) < 4.78 is 12.3. The molecule has 0 bridgehead atoms. The first kappa shape index (κ1) is 35.1.